The van der Waals surface area contributed by atoms with Crippen LogP contribution in [0.2, 0.25) is 0 Å². The molecule has 1 fully saturated rings. The van der Waals surface area contributed by atoms with Crippen molar-refractivity contribution in [1.29, 1.82) is 0 Å². The number of likely N-dealkylation sites (N-methyl/N-ethyl adjacent to an activating group) is 1. The molecular formula is C21H24N4O6S. The van der Waals surface area contributed by atoms with Crippen LogP contribution in [0.25, 0.3) is 0 Å². The lowest BCUT2D eigenvalue weighted by molar-refractivity contribution is -0.130. The van der Waals surface area contributed by atoms with E-state index in [1.165, 1.54) is 29.2 Å². The van der Waals surface area contributed by atoms with Crippen LogP contribution in [-0.2, 0) is 19.6 Å². The quantitative estimate of drug-likeness (QED) is 0.621. The molecule has 0 bridgehead atoms. The van der Waals surface area contributed by atoms with Gasteiger partial charge in [0.2, 0.25) is 15.9 Å². The Balaban J connectivity index is 1.67. The average molecular weight is 461 g/mol. The number of rotatable bonds is 7. The molecule has 1 aliphatic heterocycles. The van der Waals surface area contributed by atoms with Crippen molar-refractivity contribution < 1.29 is 27.5 Å². The number of nitrogens with one attached hydrogen (secondary N) is 2. The fourth-order valence-corrected chi connectivity index (χ4v) is 4.32. The van der Waals surface area contributed by atoms with E-state index in [9.17, 15) is 22.8 Å². The van der Waals surface area contributed by atoms with Gasteiger partial charge in [-0.1, -0.05) is 6.07 Å². The van der Waals surface area contributed by atoms with Crippen molar-refractivity contribution in [3.8, 4) is 5.75 Å². The molecule has 0 atom stereocenters. The highest BCUT2D eigenvalue weighted by atomic mass is 32.2. The Morgan fingerprint density at radius 1 is 1.16 bits per heavy atom. The molecule has 0 unspecified atom stereocenters. The third kappa shape index (κ3) is 5.62. The van der Waals surface area contributed by atoms with Crippen molar-refractivity contribution in [2.45, 2.75) is 4.90 Å². The number of amides is 3. The monoisotopic (exact) mass is 460 g/mol. The molecule has 3 rings (SSSR count). The van der Waals surface area contributed by atoms with Gasteiger partial charge in [0, 0.05) is 38.4 Å². The van der Waals surface area contributed by atoms with E-state index in [1.807, 2.05) is 0 Å². The molecule has 2 aromatic carbocycles. The summed E-state index contributed by atoms with van der Waals surface area (Å²) in [5.74, 6) is -0.568. The Hall–Kier alpha value is -3.44. The molecule has 0 saturated carbocycles. The standard InChI is InChI=1S/C21H24N4O6S/c1-24(2)20(27)14-31-17-8-6-16(7-9-17)23-21(28)15-4-3-5-18(12-15)32(29,30)25-11-10-22-19(26)13-25/h3-9,12H,10-11,13-14H2,1-2H3,(H,22,26)(H,23,28). The zero-order valence-corrected chi connectivity index (χ0v) is 18.5. The number of nitrogens with zero attached hydrogens (tertiary/aromatic N) is 2. The van der Waals surface area contributed by atoms with E-state index < -0.39 is 15.9 Å². The van der Waals surface area contributed by atoms with Crippen LogP contribution in [-0.4, -0.2) is 75.7 Å². The average Bonchev–Trinajstić information content (AvgIpc) is 2.78. The summed E-state index contributed by atoms with van der Waals surface area (Å²) in [6.07, 6.45) is 0. The largest absolute Gasteiger partial charge is 0.484 e. The van der Waals surface area contributed by atoms with Crippen LogP contribution in [0, 0.1) is 0 Å². The van der Waals surface area contributed by atoms with Crippen molar-refractivity contribution in [3.63, 3.8) is 0 Å². The molecule has 1 saturated heterocycles. The molecule has 0 aromatic heterocycles. The van der Waals surface area contributed by atoms with E-state index in [1.54, 1.807) is 38.4 Å². The summed E-state index contributed by atoms with van der Waals surface area (Å²) in [5, 5.41) is 5.27. The van der Waals surface area contributed by atoms with Crippen LogP contribution in [0.4, 0.5) is 5.69 Å². The maximum atomic E-state index is 12.8. The minimum Gasteiger partial charge on any atom is -0.484 e. The first-order valence-electron chi connectivity index (χ1n) is 9.78. The first-order valence-corrected chi connectivity index (χ1v) is 11.2. The first kappa shape index (κ1) is 23.2. The SMILES string of the molecule is CN(C)C(=O)COc1ccc(NC(=O)c2cccc(S(=O)(=O)N3CCNC(=O)C3)c2)cc1. The van der Waals surface area contributed by atoms with Crippen molar-refractivity contribution >= 4 is 33.4 Å². The summed E-state index contributed by atoms with van der Waals surface area (Å²) in [4.78, 5) is 37.1. The van der Waals surface area contributed by atoms with E-state index in [4.69, 9.17) is 4.74 Å². The van der Waals surface area contributed by atoms with Crippen LogP contribution >= 0.6 is 0 Å². The summed E-state index contributed by atoms with van der Waals surface area (Å²) >= 11 is 0. The predicted octanol–water partition coefficient (Wildman–Crippen LogP) is 0.526. The fourth-order valence-electron chi connectivity index (χ4n) is 2.88. The molecule has 0 spiro atoms. The molecule has 2 aromatic rings. The lowest BCUT2D eigenvalue weighted by atomic mass is 10.2. The molecule has 1 aliphatic rings. The number of benzene rings is 2. The minimum atomic E-state index is -3.90. The van der Waals surface area contributed by atoms with Crippen LogP contribution < -0.4 is 15.4 Å². The van der Waals surface area contributed by atoms with Gasteiger partial charge in [0.15, 0.2) is 6.61 Å². The van der Waals surface area contributed by atoms with E-state index in [-0.39, 0.29) is 48.5 Å². The Morgan fingerprint density at radius 3 is 2.53 bits per heavy atom. The zero-order chi connectivity index (χ0) is 23.3. The summed E-state index contributed by atoms with van der Waals surface area (Å²) < 4.78 is 32.1. The Bertz CT molecular complexity index is 1120. The topological polar surface area (TPSA) is 125 Å². The van der Waals surface area contributed by atoms with E-state index >= 15 is 0 Å². The highest BCUT2D eigenvalue weighted by molar-refractivity contribution is 7.89. The number of ether oxygens (including phenoxy) is 1. The number of piperazine rings is 1. The molecule has 2 N–H and O–H groups in total. The molecular weight excluding hydrogens is 436 g/mol. The van der Waals surface area contributed by atoms with Crippen LogP contribution in [0.15, 0.2) is 53.4 Å². The van der Waals surface area contributed by atoms with Crippen molar-refractivity contribution in [1.82, 2.24) is 14.5 Å². The molecule has 10 nitrogen and oxygen atoms in total. The van der Waals surface area contributed by atoms with Gasteiger partial charge < -0.3 is 20.3 Å². The molecule has 32 heavy (non-hydrogen) atoms. The third-order valence-corrected chi connectivity index (χ3v) is 6.55. The second kappa shape index (κ2) is 9.79. The maximum absolute atomic E-state index is 12.8. The Kier molecular flexibility index (Phi) is 7.11. The van der Waals surface area contributed by atoms with Crippen LogP contribution in [0.3, 0.4) is 0 Å². The highest BCUT2D eigenvalue weighted by Crippen LogP contribution is 2.20. The second-order valence-corrected chi connectivity index (χ2v) is 9.21. The van der Waals surface area contributed by atoms with Gasteiger partial charge in [-0.05, 0) is 42.5 Å². The highest BCUT2D eigenvalue weighted by Gasteiger charge is 2.29. The second-order valence-electron chi connectivity index (χ2n) is 7.27. The predicted molar refractivity (Wildman–Crippen MR) is 117 cm³/mol. The number of anilines is 1. The van der Waals surface area contributed by atoms with Gasteiger partial charge >= 0.3 is 0 Å². The third-order valence-electron chi connectivity index (χ3n) is 4.71. The minimum absolute atomic E-state index is 0.0610. The normalized spacial score (nSPS) is 14.4. The fraction of sp³-hybridized carbons (Fsp3) is 0.286. The lowest BCUT2D eigenvalue weighted by Crippen LogP contribution is -2.49. The van der Waals surface area contributed by atoms with Crippen molar-refractivity contribution in [2.24, 2.45) is 0 Å². The van der Waals surface area contributed by atoms with Gasteiger partial charge in [0.05, 0.1) is 11.4 Å². The zero-order valence-electron chi connectivity index (χ0n) is 17.7. The molecule has 0 radical (unpaired) electrons. The molecule has 1 heterocycles. The van der Waals surface area contributed by atoms with E-state index in [0.29, 0.717) is 11.4 Å². The van der Waals surface area contributed by atoms with E-state index in [0.717, 1.165) is 4.31 Å². The van der Waals surface area contributed by atoms with Gasteiger partial charge in [0.1, 0.15) is 5.75 Å². The number of hydrogen-bond acceptors (Lipinski definition) is 6. The number of sulfonamides is 1. The number of carbonyl (C=O) groups excluding carboxylic acids is 3. The lowest BCUT2D eigenvalue weighted by Gasteiger charge is -2.26. The van der Waals surface area contributed by atoms with Gasteiger partial charge in [-0.2, -0.15) is 4.31 Å². The van der Waals surface area contributed by atoms with E-state index in [2.05, 4.69) is 10.6 Å². The first-order chi connectivity index (χ1) is 15.2. The number of carbonyl (C=O) groups is 3. The molecule has 0 aliphatic carbocycles. The Labute approximate surface area is 186 Å². The van der Waals surface area contributed by atoms with Crippen LogP contribution in [0.1, 0.15) is 10.4 Å². The molecule has 170 valence electrons. The van der Waals surface area contributed by atoms with Gasteiger partial charge in [-0.25, -0.2) is 8.42 Å². The summed E-state index contributed by atoms with van der Waals surface area (Å²) in [6.45, 7) is 0.0479. The molecule has 11 heteroatoms. The summed E-state index contributed by atoms with van der Waals surface area (Å²) in [7, 11) is -0.639. The summed E-state index contributed by atoms with van der Waals surface area (Å²) in [5.41, 5.74) is 0.631. The van der Waals surface area contributed by atoms with Crippen LogP contribution in [0.5, 0.6) is 5.75 Å². The van der Waals surface area contributed by atoms with Crippen molar-refractivity contribution in [2.75, 3.05) is 45.7 Å². The Morgan fingerprint density at radius 2 is 1.88 bits per heavy atom. The van der Waals surface area contributed by atoms with Crippen molar-refractivity contribution in [3.05, 3.63) is 54.1 Å². The maximum Gasteiger partial charge on any atom is 0.259 e. The number of hydrogen-bond donors (Lipinski definition) is 2. The van der Waals surface area contributed by atoms with Gasteiger partial charge in [-0.3, -0.25) is 14.4 Å². The smallest absolute Gasteiger partial charge is 0.259 e. The summed E-state index contributed by atoms with van der Waals surface area (Å²) in [6, 6.07) is 12.1. The molecule has 3 amide bonds. The van der Waals surface area contributed by atoms with Gasteiger partial charge in [-0.15, -0.1) is 0 Å². The van der Waals surface area contributed by atoms with Gasteiger partial charge in [0.25, 0.3) is 11.8 Å².